The molecule has 2 aliphatic rings. The van der Waals surface area contributed by atoms with Gasteiger partial charge in [-0.2, -0.15) is 18.3 Å². The van der Waals surface area contributed by atoms with E-state index in [0.29, 0.717) is 31.2 Å². The number of rotatable bonds is 3. The van der Waals surface area contributed by atoms with Gasteiger partial charge in [-0.25, -0.2) is 19.7 Å². The molecular weight excluding hydrogens is 449 g/mol. The molecular formula is C22H23F3N8O. The number of carbonyl (C=O) groups excluding carboxylic acids is 1. The Balaban J connectivity index is 1.29. The lowest BCUT2D eigenvalue weighted by Crippen LogP contribution is -2.62. The largest absolute Gasteiger partial charge is 0.419 e. The molecule has 2 amide bonds. The van der Waals surface area contributed by atoms with Gasteiger partial charge in [0.15, 0.2) is 0 Å². The maximum atomic E-state index is 13.2. The maximum absolute atomic E-state index is 13.2. The molecule has 34 heavy (non-hydrogen) atoms. The van der Waals surface area contributed by atoms with Crippen molar-refractivity contribution in [3.63, 3.8) is 0 Å². The predicted molar refractivity (Wildman–Crippen MR) is 116 cm³/mol. The van der Waals surface area contributed by atoms with Gasteiger partial charge in [0.2, 0.25) is 0 Å². The van der Waals surface area contributed by atoms with Gasteiger partial charge in [0, 0.05) is 60.5 Å². The number of amides is 2. The predicted octanol–water partition coefficient (Wildman–Crippen LogP) is 3.07. The van der Waals surface area contributed by atoms with Gasteiger partial charge in [0.05, 0.1) is 17.3 Å². The Morgan fingerprint density at radius 3 is 2.56 bits per heavy atom. The first-order valence-electron chi connectivity index (χ1n) is 10.8. The number of aryl methyl sites for hydroxylation is 2. The number of nitrogens with zero attached hydrogens (tertiary/aromatic N) is 6. The Morgan fingerprint density at radius 1 is 1.18 bits per heavy atom. The number of nitrogen functional groups attached to an aromatic ring is 1. The number of carbonyl (C=O) groups is 1. The first kappa shape index (κ1) is 22.1. The highest BCUT2D eigenvalue weighted by Crippen LogP contribution is 2.44. The third-order valence-corrected chi connectivity index (χ3v) is 6.56. The Morgan fingerprint density at radius 2 is 1.88 bits per heavy atom. The second-order valence-electron chi connectivity index (χ2n) is 8.91. The van der Waals surface area contributed by atoms with Crippen molar-refractivity contribution in [1.29, 1.82) is 0 Å². The van der Waals surface area contributed by atoms with Crippen LogP contribution in [0.1, 0.15) is 42.0 Å². The van der Waals surface area contributed by atoms with Crippen LogP contribution in [-0.2, 0) is 18.1 Å². The van der Waals surface area contributed by atoms with Crippen molar-refractivity contribution >= 4 is 11.8 Å². The van der Waals surface area contributed by atoms with E-state index in [4.69, 9.17) is 5.73 Å². The SMILES string of the molecule is Cc1ncc([C@@H](C)NC(=O)N2CC3(CCn4nc(-c5cnc(N)c(C(F)(F)F)c5)cc43)C2)cn1. The number of urea groups is 1. The van der Waals surface area contributed by atoms with Crippen molar-refractivity contribution in [3.8, 4) is 11.3 Å². The van der Waals surface area contributed by atoms with E-state index in [1.165, 1.54) is 6.20 Å². The molecule has 5 heterocycles. The van der Waals surface area contributed by atoms with Crippen LogP contribution in [0.5, 0.6) is 0 Å². The van der Waals surface area contributed by atoms with Crippen LogP contribution in [0.3, 0.4) is 0 Å². The zero-order chi connectivity index (χ0) is 24.3. The van der Waals surface area contributed by atoms with Gasteiger partial charge in [0.1, 0.15) is 11.6 Å². The Kier molecular flexibility index (Phi) is 4.99. The topological polar surface area (TPSA) is 115 Å². The van der Waals surface area contributed by atoms with Crippen LogP contribution >= 0.6 is 0 Å². The van der Waals surface area contributed by atoms with Crippen molar-refractivity contribution in [2.75, 3.05) is 18.8 Å². The number of nitrogens with two attached hydrogens (primary N) is 1. The molecule has 0 aromatic carbocycles. The molecule has 1 fully saturated rings. The summed E-state index contributed by atoms with van der Waals surface area (Å²) in [6.07, 6.45) is 0.900. The molecule has 5 rings (SSSR count). The minimum absolute atomic E-state index is 0.186. The van der Waals surface area contributed by atoms with E-state index in [-0.39, 0.29) is 23.1 Å². The second kappa shape index (κ2) is 7.67. The molecule has 0 radical (unpaired) electrons. The fourth-order valence-electron chi connectivity index (χ4n) is 4.58. The summed E-state index contributed by atoms with van der Waals surface area (Å²) < 4.78 is 41.5. The van der Waals surface area contributed by atoms with Crippen LogP contribution in [0.15, 0.2) is 30.7 Å². The summed E-state index contributed by atoms with van der Waals surface area (Å²) in [7, 11) is 0. The molecule has 0 saturated carbocycles. The van der Waals surface area contributed by atoms with Crippen LogP contribution < -0.4 is 11.1 Å². The molecule has 0 aliphatic carbocycles. The van der Waals surface area contributed by atoms with Gasteiger partial charge in [-0.05, 0) is 32.4 Å². The number of aromatic nitrogens is 5. The number of nitrogens with one attached hydrogen (secondary N) is 1. The molecule has 3 aromatic rings. The first-order chi connectivity index (χ1) is 16.1. The van der Waals surface area contributed by atoms with Crippen molar-refractivity contribution in [3.05, 3.63) is 53.4 Å². The monoisotopic (exact) mass is 472 g/mol. The molecule has 1 atom stereocenters. The molecule has 12 heteroatoms. The smallest absolute Gasteiger partial charge is 0.383 e. The van der Waals surface area contributed by atoms with Crippen LogP contribution in [0.2, 0.25) is 0 Å². The molecule has 3 aromatic heterocycles. The van der Waals surface area contributed by atoms with E-state index in [1.807, 2.05) is 6.92 Å². The van der Waals surface area contributed by atoms with Gasteiger partial charge in [-0.15, -0.1) is 0 Å². The molecule has 1 spiro atoms. The molecule has 9 nitrogen and oxygen atoms in total. The highest BCUT2D eigenvalue weighted by Gasteiger charge is 2.51. The normalized spacial score (nSPS) is 17.4. The highest BCUT2D eigenvalue weighted by atomic mass is 19.4. The quantitative estimate of drug-likeness (QED) is 0.606. The maximum Gasteiger partial charge on any atom is 0.419 e. The zero-order valence-electron chi connectivity index (χ0n) is 18.6. The summed E-state index contributed by atoms with van der Waals surface area (Å²) >= 11 is 0. The van der Waals surface area contributed by atoms with Crippen molar-refractivity contribution in [2.45, 2.75) is 44.4 Å². The molecule has 178 valence electrons. The number of likely N-dealkylation sites (tertiary alicyclic amines) is 1. The third kappa shape index (κ3) is 3.72. The minimum atomic E-state index is -4.60. The number of hydrogen-bond acceptors (Lipinski definition) is 6. The van der Waals surface area contributed by atoms with Gasteiger partial charge in [-0.1, -0.05) is 0 Å². The fraction of sp³-hybridized carbons (Fsp3) is 0.409. The second-order valence-corrected chi connectivity index (χ2v) is 8.91. The third-order valence-electron chi connectivity index (χ3n) is 6.56. The van der Waals surface area contributed by atoms with E-state index in [1.54, 1.807) is 35.0 Å². The molecule has 0 unspecified atom stereocenters. The minimum Gasteiger partial charge on any atom is -0.383 e. The van der Waals surface area contributed by atoms with Gasteiger partial charge in [-0.3, -0.25) is 4.68 Å². The molecule has 3 N–H and O–H groups in total. The lowest BCUT2D eigenvalue weighted by molar-refractivity contribution is -0.137. The van der Waals surface area contributed by atoms with Crippen LogP contribution in [0, 0.1) is 6.92 Å². The average molecular weight is 472 g/mol. The lowest BCUT2D eigenvalue weighted by atomic mass is 9.76. The fourth-order valence-corrected chi connectivity index (χ4v) is 4.58. The molecule has 1 saturated heterocycles. The summed E-state index contributed by atoms with van der Waals surface area (Å²) in [4.78, 5) is 26.5. The van der Waals surface area contributed by atoms with E-state index in [9.17, 15) is 18.0 Å². The van der Waals surface area contributed by atoms with Crippen LogP contribution in [0.4, 0.5) is 23.8 Å². The molecule has 2 aliphatic heterocycles. The number of pyridine rings is 1. The highest BCUT2D eigenvalue weighted by molar-refractivity contribution is 5.76. The van der Waals surface area contributed by atoms with E-state index in [2.05, 4.69) is 25.4 Å². The van der Waals surface area contributed by atoms with Crippen molar-refractivity contribution < 1.29 is 18.0 Å². The van der Waals surface area contributed by atoms with Crippen LogP contribution in [-0.4, -0.2) is 48.8 Å². The van der Waals surface area contributed by atoms with Crippen molar-refractivity contribution in [1.82, 2.24) is 34.9 Å². The zero-order valence-corrected chi connectivity index (χ0v) is 18.6. The van der Waals surface area contributed by atoms with E-state index in [0.717, 1.165) is 23.7 Å². The standard InChI is InChI=1S/C22H23F3N8O/c1-12(15-8-27-13(2)28-9-15)30-20(34)32-10-21(11-32)3-4-33-18(21)6-17(31-33)14-5-16(22(23,24)25)19(26)29-7-14/h5-9,12H,3-4,10-11H2,1-2H3,(H2,26,29)(H,30,34)/t12-/m1/s1. The van der Waals surface area contributed by atoms with Gasteiger partial charge < -0.3 is 16.0 Å². The summed E-state index contributed by atoms with van der Waals surface area (Å²) in [5.74, 6) is 0.0973. The van der Waals surface area contributed by atoms with E-state index >= 15 is 0 Å². The van der Waals surface area contributed by atoms with Gasteiger partial charge in [0.25, 0.3) is 0 Å². The first-order valence-corrected chi connectivity index (χ1v) is 10.8. The van der Waals surface area contributed by atoms with Crippen LogP contribution in [0.25, 0.3) is 11.3 Å². The molecule has 0 bridgehead atoms. The Labute approximate surface area is 193 Å². The summed E-state index contributed by atoms with van der Waals surface area (Å²) in [6.45, 7) is 5.32. The van der Waals surface area contributed by atoms with E-state index < -0.39 is 17.6 Å². The average Bonchev–Trinajstić information content (AvgIpc) is 3.32. The number of anilines is 1. The number of alkyl halides is 3. The van der Waals surface area contributed by atoms with Gasteiger partial charge >= 0.3 is 12.2 Å². The summed E-state index contributed by atoms with van der Waals surface area (Å²) in [6, 6.07) is 2.34. The summed E-state index contributed by atoms with van der Waals surface area (Å²) in [5.41, 5.74) is 6.56. The summed E-state index contributed by atoms with van der Waals surface area (Å²) in [5, 5.41) is 7.45. The number of fused-ring (bicyclic) bond motifs is 2. The van der Waals surface area contributed by atoms with Crippen molar-refractivity contribution in [2.24, 2.45) is 0 Å². The number of hydrogen-bond donors (Lipinski definition) is 2. The Hall–Kier alpha value is -3.70. The lowest BCUT2D eigenvalue weighted by Gasteiger charge is -2.47. The Bertz CT molecular complexity index is 1250. The number of halogens is 3.